The van der Waals surface area contributed by atoms with E-state index in [1.54, 1.807) is 12.1 Å². The maximum Gasteiger partial charge on any atom is 0.416 e. The standard InChI is InChI=1S/C18H17Br2F3N2O/c19-14-8-12(17(26)16(20)10-14)11-24-4-6-25(7-5-24)15-3-1-2-13(9-15)18(21,22)23/h1-3,8-10,26H,4-7,11H2. The van der Waals surface area contributed by atoms with Crippen LogP contribution in [0.1, 0.15) is 11.1 Å². The van der Waals surface area contributed by atoms with Crippen LogP contribution in [0.4, 0.5) is 18.9 Å². The van der Waals surface area contributed by atoms with Gasteiger partial charge in [0, 0.05) is 48.4 Å². The van der Waals surface area contributed by atoms with Gasteiger partial charge in [-0.3, -0.25) is 4.90 Å². The number of hydrogen-bond donors (Lipinski definition) is 1. The number of phenolic OH excluding ortho intramolecular Hbond substituents is 1. The lowest BCUT2D eigenvalue weighted by atomic mass is 10.1. The molecule has 1 fully saturated rings. The first-order chi connectivity index (χ1) is 12.2. The van der Waals surface area contributed by atoms with Crippen molar-refractivity contribution in [2.75, 3.05) is 31.1 Å². The lowest BCUT2D eigenvalue weighted by Crippen LogP contribution is -2.46. The Bertz CT molecular complexity index is 790. The summed E-state index contributed by atoms with van der Waals surface area (Å²) in [4.78, 5) is 4.14. The van der Waals surface area contributed by atoms with Crippen LogP contribution >= 0.6 is 31.9 Å². The first-order valence-corrected chi connectivity index (χ1v) is 9.64. The highest BCUT2D eigenvalue weighted by Gasteiger charge is 2.31. The van der Waals surface area contributed by atoms with Crippen molar-refractivity contribution >= 4 is 37.5 Å². The predicted molar refractivity (Wildman–Crippen MR) is 102 cm³/mol. The van der Waals surface area contributed by atoms with Gasteiger partial charge in [0.2, 0.25) is 0 Å². The molecule has 2 aromatic rings. The average molecular weight is 494 g/mol. The van der Waals surface area contributed by atoms with E-state index in [9.17, 15) is 18.3 Å². The maximum atomic E-state index is 12.9. The van der Waals surface area contributed by atoms with Gasteiger partial charge in [0.15, 0.2) is 0 Å². The zero-order valence-electron chi connectivity index (χ0n) is 13.7. The van der Waals surface area contributed by atoms with E-state index in [2.05, 4.69) is 36.8 Å². The van der Waals surface area contributed by atoms with E-state index in [0.717, 1.165) is 16.1 Å². The van der Waals surface area contributed by atoms with E-state index >= 15 is 0 Å². The number of halogens is 5. The number of piperazine rings is 1. The molecule has 2 aromatic carbocycles. The average Bonchev–Trinajstić information content (AvgIpc) is 2.59. The van der Waals surface area contributed by atoms with Crippen molar-refractivity contribution in [2.24, 2.45) is 0 Å². The Morgan fingerprint density at radius 1 is 1.00 bits per heavy atom. The molecule has 1 aliphatic rings. The van der Waals surface area contributed by atoms with Crippen LogP contribution in [0, 0.1) is 0 Å². The van der Waals surface area contributed by atoms with Gasteiger partial charge in [-0.1, -0.05) is 22.0 Å². The summed E-state index contributed by atoms with van der Waals surface area (Å²) < 4.78 is 40.2. The van der Waals surface area contributed by atoms with Crippen molar-refractivity contribution < 1.29 is 18.3 Å². The minimum Gasteiger partial charge on any atom is -0.506 e. The molecule has 3 nitrogen and oxygen atoms in total. The molecule has 0 amide bonds. The second-order valence-electron chi connectivity index (χ2n) is 6.21. The van der Waals surface area contributed by atoms with Gasteiger partial charge >= 0.3 is 6.18 Å². The number of nitrogens with zero attached hydrogens (tertiary/aromatic N) is 2. The van der Waals surface area contributed by atoms with Gasteiger partial charge in [0.25, 0.3) is 0 Å². The molecule has 1 saturated heterocycles. The van der Waals surface area contributed by atoms with Crippen molar-refractivity contribution in [3.63, 3.8) is 0 Å². The molecule has 1 heterocycles. The van der Waals surface area contributed by atoms with Crippen LogP contribution in [0.25, 0.3) is 0 Å². The molecule has 0 spiro atoms. The number of rotatable bonds is 3. The van der Waals surface area contributed by atoms with Crippen LogP contribution in [-0.4, -0.2) is 36.2 Å². The summed E-state index contributed by atoms with van der Waals surface area (Å²) in [6.07, 6.45) is -4.33. The smallest absolute Gasteiger partial charge is 0.416 e. The molecular formula is C18H17Br2F3N2O. The van der Waals surface area contributed by atoms with E-state index in [0.29, 0.717) is 42.9 Å². The molecule has 0 saturated carbocycles. The molecule has 26 heavy (non-hydrogen) atoms. The summed E-state index contributed by atoms with van der Waals surface area (Å²) in [6.45, 7) is 3.27. The largest absolute Gasteiger partial charge is 0.506 e. The molecular weight excluding hydrogens is 477 g/mol. The second kappa shape index (κ2) is 7.78. The van der Waals surface area contributed by atoms with Gasteiger partial charge in [-0.25, -0.2) is 0 Å². The molecule has 140 valence electrons. The molecule has 8 heteroatoms. The summed E-state index contributed by atoms with van der Waals surface area (Å²) in [6, 6.07) is 9.11. The van der Waals surface area contributed by atoms with Crippen LogP contribution in [0.2, 0.25) is 0 Å². The number of alkyl halides is 3. The maximum absolute atomic E-state index is 12.9. The van der Waals surface area contributed by atoms with E-state index in [4.69, 9.17) is 0 Å². The lowest BCUT2D eigenvalue weighted by molar-refractivity contribution is -0.137. The minimum atomic E-state index is -4.33. The third-order valence-corrected chi connectivity index (χ3v) is 5.47. The highest BCUT2D eigenvalue weighted by atomic mass is 79.9. The van der Waals surface area contributed by atoms with Crippen LogP contribution in [0.15, 0.2) is 45.3 Å². The first-order valence-electron chi connectivity index (χ1n) is 8.05. The fourth-order valence-electron chi connectivity index (χ4n) is 3.02. The van der Waals surface area contributed by atoms with Gasteiger partial charge in [-0.05, 0) is 46.3 Å². The molecule has 0 aromatic heterocycles. The van der Waals surface area contributed by atoms with E-state index in [-0.39, 0.29) is 5.75 Å². The van der Waals surface area contributed by atoms with Crippen molar-refractivity contribution in [3.05, 3.63) is 56.5 Å². The second-order valence-corrected chi connectivity index (χ2v) is 7.98. The van der Waals surface area contributed by atoms with Crippen LogP contribution < -0.4 is 4.90 Å². The zero-order chi connectivity index (χ0) is 18.9. The predicted octanol–water partition coefficient (Wildman–Crippen LogP) is 5.26. The third kappa shape index (κ3) is 4.53. The normalized spacial score (nSPS) is 16.1. The molecule has 0 atom stereocenters. The lowest BCUT2D eigenvalue weighted by Gasteiger charge is -2.36. The zero-order valence-corrected chi connectivity index (χ0v) is 16.9. The molecule has 1 N–H and O–H groups in total. The number of benzene rings is 2. The fraction of sp³-hybridized carbons (Fsp3) is 0.333. The van der Waals surface area contributed by atoms with E-state index < -0.39 is 11.7 Å². The number of aromatic hydroxyl groups is 1. The quantitative estimate of drug-likeness (QED) is 0.631. The summed E-state index contributed by atoms with van der Waals surface area (Å²) in [5.74, 6) is 0.216. The third-order valence-electron chi connectivity index (χ3n) is 4.41. The van der Waals surface area contributed by atoms with Crippen LogP contribution in [0.3, 0.4) is 0 Å². The molecule has 0 bridgehead atoms. The van der Waals surface area contributed by atoms with E-state index in [1.807, 2.05) is 11.0 Å². The minimum absolute atomic E-state index is 0.216. The number of hydrogen-bond acceptors (Lipinski definition) is 3. The SMILES string of the molecule is Oc1c(Br)cc(Br)cc1CN1CCN(c2cccc(C(F)(F)F)c2)CC1. The van der Waals surface area contributed by atoms with Crippen molar-refractivity contribution in [3.8, 4) is 5.75 Å². The first kappa shape index (κ1) is 19.5. The molecule has 0 aliphatic carbocycles. The van der Waals surface area contributed by atoms with Crippen molar-refractivity contribution in [1.29, 1.82) is 0 Å². The van der Waals surface area contributed by atoms with Crippen molar-refractivity contribution in [2.45, 2.75) is 12.7 Å². The van der Waals surface area contributed by atoms with E-state index in [1.165, 1.54) is 12.1 Å². The van der Waals surface area contributed by atoms with Gasteiger partial charge in [0.1, 0.15) is 5.75 Å². The van der Waals surface area contributed by atoms with Crippen LogP contribution in [-0.2, 0) is 12.7 Å². The number of phenols is 1. The Morgan fingerprint density at radius 3 is 2.35 bits per heavy atom. The Labute approximate surface area is 166 Å². The van der Waals surface area contributed by atoms with Gasteiger partial charge in [0.05, 0.1) is 10.0 Å². The molecule has 0 unspecified atom stereocenters. The summed E-state index contributed by atoms with van der Waals surface area (Å²) in [5, 5.41) is 10.2. The fourth-order valence-corrected chi connectivity index (χ4v) is 4.34. The molecule has 0 radical (unpaired) electrons. The van der Waals surface area contributed by atoms with Gasteiger partial charge in [-0.2, -0.15) is 13.2 Å². The topological polar surface area (TPSA) is 26.7 Å². The molecule has 3 rings (SSSR count). The summed E-state index contributed by atoms with van der Waals surface area (Å²) in [5.41, 5.74) is 0.771. The van der Waals surface area contributed by atoms with Crippen LogP contribution in [0.5, 0.6) is 5.75 Å². The highest BCUT2D eigenvalue weighted by Crippen LogP contribution is 2.34. The van der Waals surface area contributed by atoms with Gasteiger partial charge < -0.3 is 10.0 Å². The molecule has 1 aliphatic heterocycles. The summed E-state index contributed by atoms with van der Waals surface area (Å²) >= 11 is 6.74. The number of anilines is 1. The Kier molecular flexibility index (Phi) is 5.84. The monoisotopic (exact) mass is 492 g/mol. The Balaban J connectivity index is 1.65. The Hall–Kier alpha value is -1.25. The summed E-state index contributed by atoms with van der Waals surface area (Å²) in [7, 11) is 0. The Morgan fingerprint density at radius 2 is 1.69 bits per heavy atom. The van der Waals surface area contributed by atoms with Crippen molar-refractivity contribution in [1.82, 2.24) is 4.90 Å². The van der Waals surface area contributed by atoms with Gasteiger partial charge in [-0.15, -0.1) is 0 Å². The highest BCUT2D eigenvalue weighted by molar-refractivity contribution is 9.11.